The molecule has 0 aliphatic carbocycles. The lowest BCUT2D eigenvalue weighted by Crippen LogP contribution is -2.19. The molecule has 4 aromatic rings. The van der Waals surface area contributed by atoms with Gasteiger partial charge in [0, 0.05) is 12.7 Å². The number of pyridine rings is 1. The lowest BCUT2D eigenvalue weighted by atomic mass is 10.1. The molecule has 0 saturated heterocycles. The van der Waals surface area contributed by atoms with Gasteiger partial charge < -0.3 is 9.73 Å². The first-order valence-corrected chi connectivity index (χ1v) is 10.6. The first kappa shape index (κ1) is 19.3. The standard InChI is InChI=1S/C21H22N4O3S/c1-2-3-4-5-6-11-25-13-23-17-16-14(24-19(26)15-8-7-12-28-15)9-10-22-20(16)29-18(17)21(25)27/h7-10,12-13H,2-6,11H2,1H3,(H,22,24,26). The van der Waals surface area contributed by atoms with Crippen LogP contribution in [-0.4, -0.2) is 20.4 Å². The maximum Gasteiger partial charge on any atom is 0.291 e. The van der Waals surface area contributed by atoms with Crippen molar-refractivity contribution in [1.82, 2.24) is 14.5 Å². The highest BCUT2D eigenvalue weighted by Gasteiger charge is 2.18. The van der Waals surface area contributed by atoms with Crippen molar-refractivity contribution in [3.63, 3.8) is 0 Å². The number of carbonyl (C=O) groups excluding carboxylic acids is 1. The molecule has 4 aromatic heterocycles. The van der Waals surface area contributed by atoms with E-state index in [0.29, 0.717) is 32.7 Å². The third-order valence-corrected chi connectivity index (χ3v) is 5.92. The van der Waals surface area contributed by atoms with Gasteiger partial charge in [0.25, 0.3) is 11.5 Å². The summed E-state index contributed by atoms with van der Waals surface area (Å²) in [6.45, 7) is 2.85. The maximum absolute atomic E-state index is 12.9. The number of nitrogens with zero attached hydrogens (tertiary/aromatic N) is 3. The molecule has 0 spiro atoms. The van der Waals surface area contributed by atoms with Gasteiger partial charge in [-0.3, -0.25) is 14.2 Å². The molecular formula is C21H22N4O3S. The van der Waals surface area contributed by atoms with Crippen molar-refractivity contribution in [2.75, 3.05) is 5.32 Å². The molecule has 29 heavy (non-hydrogen) atoms. The van der Waals surface area contributed by atoms with Gasteiger partial charge in [-0.05, 0) is 24.6 Å². The minimum absolute atomic E-state index is 0.0585. The van der Waals surface area contributed by atoms with E-state index in [0.717, 1.165) is 12.8 Å². The average molecular weight is 410 g/mol. The number of unbranched alkanes of at least 4 members (excludes halogenated alkanes) is 4. The van der Waals surface area contributed by atoms with Crippen LogP contribution < -0.4 is 10.9 Å². The quantitative estimate of drug-likeness (QED) is 0.421. The molecule has 4 rings (SSSR count). The Bertz CT molecular complexity index is 1190. The van der Waals surface area contributed by atoms with E-state index in [1.807, 2.05) is 0 Å². The summed E-state index contributed by atoms with van der Waals surface area (Å²) < 4.78 is 7.38. The first-order chi connectivity index (χ1) is 14.2. The van der Waals surface area contributed by atoms with Gasteiger partial charge in [-0.25, -0.2) is 9.97 Å². The molecule has 0 aliphatic rings. The number of rotatable bonds is 8. The second-order valence-electron chi connectivity index (χ2n) is 6.91. The Morgan fingerprint density at radius 3 is 2.86 bits per heavy atom. The average Bonchev–Trinajstić information content (AvgIpc) is 3.38. The SMILES string of the molecule is CCCCCCCn1cnc2c(sc3nccc(NC(=O)c4ccco4)c32)c1=O. The van der Waals surface area contributed by atoms with E-state index >= 15 is 0 Å². The molecule has 150 valence electrons. The molecule has 7 nitrogen and oxygen atoms in total. The molecule has 0 unspecified atom stereocenters. The first-order valence-electron chi connectivity index (χ1n) is 9.80. The van der Waals surface area contributed by atoms with Gasteiger partial charge in [0.05, 0.1) is 29.2 Å². The Balaban J connectivity index is 1.65. The lowest BCUT2D eigenvalue weighted by molar-refractivity contribution is 0.0997. The lowest BCUT2D eigenvalue weighted by Gasteiger charge is -2.06. The van der Waals surface area contributed by atoms with Crippen LogP contribution in [0.2, 0.25) is 0 Å². The minimum Gasteiger partial charge on any atom is -0.459 e. The van der Waals surface area contributed by atoms with Crippen LogP contribution in [0.15, 0.2) is 46.2 Å². The number of aryl methyl sites for hydroxylation is 1. The van der Waals surface area contributed by atoms with E-state index in [1.165, 1.54) is 36.9 Å². The van der Waals surface area contributed by atoms with Crippen LogP contribution in [-0.2, 0) is 6.54 Å². The van der Waals surface area contributed by atoms with Crippen molar-refractivity contribution in [2.24, 2.45) is 0 Å². The summed E-state index contributed by atoms with van der Waals surface area (Å²) in [5.74, 6) is -0.143. The molecule has 0 atom stereocenters. The molecule has 1 amide bonds. The van der Waals surface area contributed by atoms with E-state index in [9.17, 15) is 9.59 Å². The number of thiophene rings is 1. The number of hydrogen-bond donors (Lipinski definition) is 1. The predicted octanol–water partition coefficient (Wildman–Crippen LogP) is 4.82. The van der Waals surface area contributed by atoms with E-state index in [1.54, 1.807) is 35.3 Å². The normalized spacial score (nSPS) is 11.3. The fraction of sp³-hybridized carbons (Fsp3) is 0.333. The third-order valence-electron chi connectivity index (χ3n) is 4.84. The van der Waals surface area contributed by atoms with E-state index in [-0.39, 0.29) is 17.2 Å². The Morgan fingerprint density at radius 1 is 1.21 bits per heavy atom. The van der Waals surface area contributed by atoms with Crippen LogP contribution in [0.3, 0.4) is 0 Å². The second kappa shape index (κ2) is 8.57. The summed E-state index contributed by atoms with van der Waals surface area (Å²) in [6.07, 6.45) is 10.3. The number of carbonyl (C=O) groups is 1. The Morgan fingerprint density at radius 2 is 2.07 bits per heavy atom. The number of nitrogens with one attached hydrogen (secondary N) is 1. The Labute approximate surface area is 171 Å². The van der Waals surface area contributed by atoms with Crippen molar-refractivity contribution in [1.29, 1.82) is 0 Å². The molecule has 0 saturated carbocycles. The van der Waals surface area contributed by atoms with Crippen molar-refractivity contribution < 1.29 is 9.21 Å². The number of fused-ring (bicyclic) bond motifs is 3. The molecule has 8 heteroatoms. The number of anilines is 1. The number of aromatic nitrogens is 3. The fourth-order valence-corrected chi connectivity index (χ4v) is 4.40. The van der Waals surface area contributed by atoms with Crippen molar-refractivity contribution in [2.45, 2.75) is 45.6 Å². The van der Waals surface area contributed by atoms with Crippen molar-refractivity contribution in [3.8, 4) is 0 Å². The van der Waals surface area contributed by atoms with Gasteiger partial charge in [0.15, 0.2) is 5.76 Å². The summed E-state index contributed by atoms with van der Waals surface area (Å²) in [5.41, 5.74) is 1.07. The second-order valence-corrected chi connectivity index (χ2v) is 7.91. The molecule has 0 aromatic carbocycles. The minimum atomic E-state index is -0.359. The number of furan rings is 1. The summed E-state index contributed by atoms with van der Waals surface area (Å²) in [5, 5.41) is 3.52. The molecule has 0 radical (unpaired) electrons. The van der Waals surface area contributed by atoms with Gasteiger partial charge in [-0.15, -0.1) is 11.3 Å². The molecular weight excluding hydrogens is 388 g/mol. The highest BCUT2D eigenvalue weighted by Crippen LogP contribution is 2.34. The van der Waals surface area contributed by atoms with Crippen LogP contribution in [0.1, 0.15) is 49.6 Å². The van der Waals surface area contributed by atoms with Crippen LogP contribution in [0.5, 0.6) is 0 Å². The molecule has 1 N–H and O–H groups in total. The zero-order valence-corrected chi connectivity index (χ0v) is 17.0. The molecule has 0 aliphatic heterocycles. The molecule has 0 fully saturated rings. The molecule has 4 heterocycles. The van der Waals surface area contributed by atoms with Gasteiger partial charge in [-0.1, -0.05) is 32.6 Å². The maximum atomic E-state index is 12.9. The van der Waals surface area contributed by atoms with Gasteiger partial charge in [-0.2, -0.15) is 0 Å². The van der Waals surface area contributed by atoms with Crippen LogP contribution in [0.4, 0.5) is 5.69 Å². The van der Waals surface area contributed by atoms with Crippen molar-refractivity contribution in [3.05, 3.63) is 53.1 Å². The summed E-state index contributed by atoms with van der Waals surface area (Å²) in [7, 11) is 0. The van der Waals surface area contributed by atoms with Gasteiger partial charge >= 0.3 is 0 Å². The summed E-state index contributed by atoms with van der Waals surface area (Å²) >= 11 is 1.31. The van der Waals surface area contributed by atoms with Crippen molar-refractivity contribution >= 4 is 43.4 Å². The Hall–Kier alpha value is -3.00. The van der Waals surface area contributed by atoms with E-state index in [2.05, 4.69) is 22.2 Å². The van der Waals surface area contributed by atoms with Gasteiger partial charge in [0.2, 0.25) is 0 Å². The fourth-order valence-electron chi connectivity index (χ4n) is 3.33. The number of amides is 1. The van der Waals surface area contributed by atoms with Crippen LogP contribution in [0, 0.1) is 0 Å². The topological polar surface area (TPSA) is 90.0 Å². The third kappa shape index (κ3) is 3.93. The zero-order chi connectivity index (χ0) is 20.2. The zero-order valence-electron chi connectivity index (χ0n) is 16.2. The van der Waals surface area contributed by atoms with Gasteiger partial charge in [0.1, 0.15) is 9.53 Å². The monoisotopic (exact) mass is 410 g/mol. The highest BCUT2D eigenvalue weighted by molar-refractivity contribution is 7.25. The largest absolute Gasteiger partial charge is 0.459 e. The van der Waals surface area contributed by atoms with E-state index in [4.69, 9.17) is 4.42 Å². The Kier molecular flexibility index (Phi) is 5.71. The summed E-state index contributed by atoms with van der Waals surface area (Å²) in [6, 6.07) is 4.95. The number of hydrogen-bond acceptors (Lipinski definition) is 6. The van der Waals surface area contributed by atoms with Crippen LogP contribution in [0.25, 0.3) is 20.4 Å². The smallest absolute Gasteiger partial charge is 0.291 e. The highest BCUT2D eigenvalue weighted by atomic mass is 32.1. The van der Waals surface area contributed by atoms with Crippen LogP contribution >= 0.6 is 11.3 Å². The predicted molar refractivity (Wildman–Crippen MR) is 115 cm³/mol. The molecule has 0 bridgehead atoms. The summed E-state index contributed by atoms with van der Waals surface area (Å²) in [4.78, 5) is 34.9. The van der Waals surface area contributed by atoms with E-state index < -0.39 is 0 Å².